The molecule has 7 heteroatoms. The molecule has 152 valence electrons. The van der Waals surface area contributed by atoms with Crippen molar-refractivity contribution in [3.05, 3.63) is 59.9 Å². The molecule has 0 saturated carbocycles. The molecule has 0 unspecified atom stereocenters. The van der Waals surface area contributed by atoms with E-state index in [1.807, 2.05) is 24.3 Å². The van der Waals surface area contributed by atoms with E-state index in [0.29, 0.717) is 35.1 Å². The largest absolute Gasteiger partial charge is 0.496 e. The molecule has 3 rings (SSSR count). The number of hydrogen-bond donors (Lipinski definition) is 0. The number of carbonyl (C=O) groups excluding carboxylic acids is 1. The molecule has 0 atom stereocenters. The lowest BCUT2D eigenvalue weighted by atomic mass is 10.1. The molecule has 0 N–H and O–H groups in total. The van der Waals surface area contributed by atoms with Gasteiger partial charge >= 0.3 is 0 Å². The van der Waals surface area contributed by atoms with Crippen molar-refractivity contribution >= 4 is 22.4 Å². The number of aryl methyl sites for hydroxylation is 1. The number of carbonyl (C=O) groups is 1. The summed E-state index contributed by atoms with van der Waals surface area (Å²) >= 11 is 1.30. The number of hydrogen-bond acceptors (Lipinski definition) is 5. The number of aromatic nitrogens is 2. The molecule has 0 bridgehead atoms. The second kappa shape index (κ2) is 10.1. The fourth-order valence-electron chi connectivity index (χ4n) is 2.99. The average molecular weight is 414 g/mol. The third-order valence-electron chi connectivity index (χ3n) is 4.55. The Morgan fingerprint density at radius 2 is 2.00 bits per heavy atom. The Kier molecular flexibility index (Phi) is 7.30. The number of ether oxygens (including phenoxy) is 1. The van der Waals surface area contributed by atoms with Crippen molar-refractivity contribution in [1.82, 2.24) is 10.2 Å². The summed E-state index contributed by atoms with van der Waals surface area (Å²) < 4.78 is 18.9. The molecule has 5 nitrogen and oxygen atoms in total. The van der Waals surface area contributed by atoms with Crippen LogP contribution in [0.4, 0.5) is 9.52 Å². The van der Waals surface area contributed by atoms with Crippen LogP contribution in [0.25, 0.3) is 10.6 Å². The first-order valence-electron chi connectivity index (χ1n) is 9.64. The lowest BCUT2D eigenvalue weighted by Gasteiger charge is -2.19. The van der Waals surface area contributed by atoms with E-state index in [-0.39, 0.29) is 11.7 Å². The van der Waals surface area contributed by atoms with Crippen LogP contribution in [0.15, 0.2) is 48.5 Å². The van der Waals surface area contributed by atoms with Gasteiger partial charge in [-0.15, -0.1) is 10.2 Å². The minimum Gasteiger partial charge on any atom is -0.496 e. The van der Waals surface area contributed by atoms with Crippen LogP contribution in [0.3, 0.4) is 0 Å². The lowest BCUT2D eigenvalue weighted by molar-refractivity contribution is -0.118. The molecule has 0 aliphatic carbocycles. The zero-order valence-electron chi connectivity index (χ0n) is 16.6. The molecule has 1 amide bonds. The molecule has 0 fully saturated rings. The summed E-state index contributed by atoms with van der Waals surface area (Å²) in [7, 11) is 1.63. The van der Waals surface area contributed by atoms with Crippen LogP contribution in [0.2, 0.25) is 0 Å². The van der Waals surface area contributed by atoms with Gasteiger partial charge < -0.3 is 4.74 Å². The Hall–Kier alpha value is -2.80. The van der Waals surface area contributed by atoms with Crippen LogP contribution in [-0.4, -0.2) is 29.8 Å². The van der Waals surface area contributed by atoms with Crippen LogP contribution in [0.1, 0.15) is 31.7 Å². The van der Waals surface area contributed by atoms with Crippen molar-refractivity contribution in [1.29, 1.82) is 0 Å². The molecular weight excluding hydrogens is 389 g/mol. The third kappa shape index (κ3) is 5.38. The standard InChI is InChI=1S/C22H24FN3O2S/c1-3-4-14-26(20(27)13-12-16-8-5-6-11-19(16)28-2)22-25-24-21(29-22)17-9-7-10-18(23)15-17/h5-11,15H,3-4,12-14H2,1-2H3. The van der Waals surface area contributed by atoms with Crippen LogP contribution in [0.5, 0.6) is 5.75 Å². The molecule has 1 heterocycles. The van der Waals surface area contributed by atoms with E-state index in [4.69, 9.17) is 4.74 Å². The smallest absolute Gasteiger partial charge is 0.229 e. The van der Waals surface area contributed by atoms with E-state index in [1.54, 1.807) is 24.1 Å². The summed E-state index contributed by atoms with van der Waals surface area (Å²) in [6, 6.07) is 13.9. The summed E-state index contributed by atoms with van der Waals surface area (Å²) in [6.45, 7) is 2.66. The van der Waals surface area contributed by atoms with E-state index in [0.717, 1.165) is 24.2 Å². The van der Waals surface area contributed by atoms with Crippen molar-refractivity contribution in [3.63, 3.8) is 0 Å². The fraction of sp³-hybridized carbons (Fsp3) is 0.318. The van der Waals surface area contributed by atoms with Crippen molar-refractivity contribution in [3.8, 4) is 16.3 Å². The maximum Gasteiger partial charge on any atom is 0.229 e. The van der Waals surface area contributed by atoms with Crippen LogP contribution < -0.4 is 9.64 Å². The number of amides is 1. The highest BCUT2D eigenvalue weighted by Crippen LogP contribution is 2.30. The summed E-state index contributed by atoms with van der Waals surface area (Å²) in [5.74, 6) is 0.450. The molecule has 0 radical (unpaired) electrons. The first-order chi connectivity index (χ1) is 14.1. The van der Waals surface area contributed by atoms with E-state index < -0.39 is 0 Å². The predicted molar refractivity (Wildman–Crippen MR) is 114 cm³/mol. The Morgan fingerprint density at radius 3 is 2.76 bits per heavy atom. The molecule has 29 heavy (non-hydrogen) atoms. The van der Waals surface area contributed by atoms with Gasteiger partial charge in [0, 0.05) is 18.5 Å². The van der Waals surface area contributed by atoms with Crippen LogP contribution >= 0.6 is 11.3 Å². The SMILES string of the molecule is CCCCN(C(=O)CCc1ccccc1OC)c1nnc(-c2cccc(F)c2)s1. The summed E-state index contributed by atoms with van der Waals surface area (Å²) in [4.78, 5) is 14.7. The topological polar surface area (TPSA) is 55.3 Å². The Balaban J connectivity index is 1.76. The summed E-state index contributed by atoms with van der Waals surface area (Å²) in [6.07, 6.45) is 2.76. The number of rotatable bonds is 9. The van der Waals surface area contributed by atoms with Gasteiger partial charge in [0.15, 0.2) is 0 Å². The Bertz CT molecular complexity index is 960. The molecule has 0 aliphatic heterocycles. The van der Waals surface area contributed by atoms with Gasteiger partial charge in [0.05, 0.1) is 7.11 Å². The van der Waals surface area contributed by atoms with E-state index in [1.165, 1.54) is 23.5 Å². The van der Waals surface area contributed by atoms with Crippen LogP contribution in [0, 0.1) is 5.82 Å². The molecule has 0 aliphatic rings. The van der Waals surface area contributed by atoms with E-state index in [9.17, 15) is 9.18 Å². The monoisotopic (exact) mass is 413 g/mol. The minimum absolute atomic E-state index is 0.00806. The van der Waals surface area contributed by atoms with Gasteiger partial charge in [0.2, 0.25) is 11.0 Å². The second-order valence-electron chi connectivity index (χ2n) is 6.61. The number of anilines is 1. The van der Waals surface area contributed by atoms with Crippen molar-refractivity contribution in [2.24, 2.45) is 0 Å². The molecule has 3 aromatic rings. The molecule has 2 aromatic carbocycles. The van der Waals surface area contributed by atoms with Gasteiger partial charge in [-0.3, -0.25) is 9.69 Å². The Morgan fingerprint density at radius 1 is 1.17 bits per heavy atom. The van der Waals surface area contributed by atoms with Gasteiger partial charge in [-0.2, -0.15) is 0 Å². The summed E-state index contributed by atoms with van der Waals surface area (Å²) in [5, 5.41) is 9.52. The van der Waals surface area contributed by atoms with Crippen LogP contribution in [-0.2, 0) is 11.2 Å². The third-order valence-corrected chi connectivity index (χ3v) is 5.55. The first-order valence-corrected chi connectivity index (χ1v) is 10.5. The zero-order chi connectivity index (χ0) is 20.6. The second-order valence-corrected chi connectivity index (χ2v) is 7.57. The van der Waals surface area contributed by atoms with Gasteiger partial charge in [-0.25, -0.2) is 4.39 Å². The minimum atomic E-state index is -0.324. The normalized spacial score (nSPS) is 10.7. The predicted octanol–water partition coefficient (Wildman–Crippen LogP) is 5.12. The number of nitrogens with zero attached hydrogens (tertiary/aromatic N) is 3. The highest BCUT2D eigenvalue weighted by Gasteiger charge is 2.20. The van der Waals surface area contributed by atoms with E-state index in [2.05, 4.69) is 17.1 Å². The van der Waals surface area contributed by atoms with Gasteiger partial charge in [0.1, 0.15) is 16.6 Å². The number of methoxy groups -OCH3 is 1. The lowest BCUT2D eigenvalue weighted by Crippen LogP contribution is -2.32. The quantitative estimate of drug-likeness (QED) is 0.489. The highest BCUT2D eigenvalue weighted by molar-refractivity contribution is 7.18. The number of benzene rings is 2. The number of halogens is 1. The van der Waals surface area contributed by atoms with Gasteiger partial charge in [-0.1, -0.05) is 55.0 Å². The first kappa shape index (κ1) is 20.9. The molecular formula is C22H24FN3O2S. The number of unbranched alkanes of at least 4 members (excludes halogenated alkanes) is 1. The molecule has 0 saturated heterocycles. The zero-order valence-corrected chi connectivity index (χ0v) is 17.4. The summed E-state index contributed by atoms with van der Waals surface area (Å²) in [5.41, 5.74) is 1.65. The van der Waals surface area contributed by atoms with Crippen molar-refractivity contribution < 1.29 is 13.9 Å². The maximum absolute atomic E-state index is 13.5. The fourth-order valence-corrected chi connectivity index (χ4v) is 3.88. The Labute approximate surface area is 174 Å². The highest BCUT2D eigenvalue weighted by atomic mass is 32.1. The van der Waals surface area contributed by atoms with Crippen molar-refractivity contribution in [2.45, 2.75) is 32.6 Å². The molecule has 0 spiro atoms. The van der Waals surface area contributed by atoms with Gasteiger partial charge in [0.25, 0.3) is 0 Å². The van der Waals surface area contributed by atoms with Crippen molar-refractivity contribution in [2.75, 3.05) is 18.6 Å². The maximum atomic E-state index is 13.5. The van der Waals surface area contributed by atoms with Gasteiger partial charge in [-0.05, 0) is 36.6 Å². The average Bonchev–Trinajstić information content (AvgIpc) is 3.22. The number of para-hydroxylation sites is 1. The molecule has 1 aromatic heterocycles. The van der Waals surface area contributed by atoms with E-state index >= 15 is 0 Å².